The van der Waals surface area contributed by atoms with Gasteiger partial charge in [-0.25, -0.2) is 0 Å². The van der Waals surface area contributed by atoms with E-state index in [9.17, 15) is 10.2 Å². The lowest BCUT2D eigenvalue weighted by molar-refractivity contribution is 0.404. The molecule has 0 amide bonds. The first-order chi connectivity index (χ1) is 10.5. The van der Waals surface area contributed by atoms with Gasteiger partial charge in [-0.2, -0.15) is 5.10 Å². The lowest BCUT2D eigenvalue weighted by Crippen LogP contribution is -2.23. The minimum Gasteiger partial charge on any atom is -0.504 e. The van der Waals surface area contributed by atoms with Crippen LogP contribution in [0.4, 0.5) is 5.69 Å². The molecule has 0 aliphatic rings. The van der Waals surface area contributed by atoms with Crippen LogP contribution >= 0.6 is 23.8 Å². The molecule has 0 radical (unpaired) electrons. The minimum absolute atomic E-state index is 0.0433. The van der Waals surface area contributed by atoms with E-state index >= 15 is 0 Å². The van der Waals surface area contributed by atoms with E-state index in [0.717, 1.165) is 11.3 Å². The normalized spacial score (nSPS) is 10.6. The molecule has 0 aliphatic heterocycles. The molecule has 0 saturated carbocycles. The van der Waals surface area contributed by atoms with Gasteiger partial charge in [0.15, 0.2) is 16.6 Å². The Hall–Kier alpha value is -2.31. The van der Waals surface area contributed by atoms with Gasteiger partial charge in [-0.05, 0) is 49.0 Å². The van der Waals surface area contributed by atoms with Crippen molar-refractivity contribution in [2.45, 2.75) is 6.92 Å². The summed E-state index contributed by atoms with van der Waals surface area (Å²) >= 11 is 10.9. The van der Waals surface area contributed by atoms with E-state index in [-0.39, 0.29) is 16.5 Å². The van der Waals surface area contributed by atoms with Gasteiger partial charge in [0.1, 0.15) is 0 Å². The molecule has 114 valence electrons. The van der Waals surface area contributed by atoms with Crippen LogP contribution in [0.5, 0.6) is 11.5 Å². The Bertz CT molecular complexity index is 694. The van der Waals surface area contributed by atoms with Gasteiger partial charge in [0.25, 0.3) is 0 Å². The second-order valence-electron chi connectivity index (χ2n) is 4.56. The van der Waals surface area contributed by atoms with Gasteiger partial charge < -0.3 is 15.5 Å². The van der Waals surface area contributed by atoms with Crippen LogP contribution in [0.3, 0.4) is 0 Å². The minimum atomic E-state index is -0.358. The van der Waals surface area contributed by atoms with E-state index in [4.69, 9.17) is 23.8 Å². The number of hydrogen-bond acceptors (Lipinski definition) is 4. The zero-order valence-corrected chi connectivity index (χ0v) is 13.2. The second kappa shape index (κ2) is 7.11. The largest absolute Gasteiger partial charge is 0.504 e. The summed E-state index contributed by atoms with van der Waals surface area (Å²) in [7, 11) is 0. The molecule has 0 bridgehead atoms. The Balaban J connectivity index is 1.94. The van der Waals surface area contributed by atoms with Crippen molar-refractivity contribution in [2.75, 3.05) is 5.32 Å². The predicted molar refractivity (Wildman–Crippen MR) is 92.9 cm³/mol. The van der Waals surface area contributed by atoms with Crippen molar-refractivity contribution in [3.63, 3.8) is 0 Å². The highest BCUT2D eigenvalue weighted by molar-refractivity contribution is 7.80. The van der Waals surface area contributed by atoms with Crippen LogP contribution in [0.15, 0.2) is 41.5 Å². The van der Waals surface area contributed by atoms with E-state index in [1.165, 1.54) is 18.3 Å². The van der Waals surface area contributed by atoms with Gasteiger partial charge in [0.2, 0.25) is 0 Å². The molecule has 5 nitrogen and oxygen atoms in total. The first-order valence-electron chi connectivity index (χ1n) is 6.34. The van der Waals surface area contributed by atoms with Gasteiger partial charge in [-0.3, -0.25) is 5.43 Å². The average molecular weight is 336 g/mol. The molecular formula is C15H14ClN3O2S. The van der Waals surface area contributed by atoms with Gasteiger partial charge in [0.05, 0.1) is 11.2 Å². The summed E-state index contributed by atoms with van der Waals surface area (Å²) in [4.78, 5) is 0. The Morgan fingerprint density at radius 3 is 2.55 bits per heavy atom. The predicted octanol–water partition coefficient (Wildman–Crippen LogP) is 3.38. The molecule has 0 spiro atoms. The number of nitrogens with zero attached hydrogens (tertiary/aromatic N) is 1. The zero-order valence-electron chi connectivity index (χ0n) is 11.7. The van der Waals surface area contributed by atoms with Crippen LogP contribution in [0, 0.1) is 6.92 Å². The van der Waals surface area contributed by atoms with E-state index < -0.39 is 0 Å². The Labute approximate surface area is 138 Å². The summed E-state index contributed by atoms with van der Waals surface area (Å²) in [6.45, 7) is 2.00. The first-order valence-corrected chi connectivity index (χ1v) is 7.12. The highest BCUT2D eigenvalue weighted by Crippen LogP contribution is 2.33. The van der Waals surface area contributed by atoms with Crippen molar-refractivity contribution >= 4 is 40.8 Å². The summed E-state index contributed by atoms with van der Waals surface area (Å²) in [6.07, 6.45) is 1.42. The fraction of sp³-hybridized carbons (Fsp3) is 0.0667. The lowest BCUT2D eigenvalue weighted by atomic mass is 10.2. The van der Waals surface area contributed by atoms with E-state index in [0.29, 0.717) is 10.7 Å². The first kappa shape index (κ1) is 16.1. The lowest BCUT2D eigenvalue weighted by Gasteiger charge is -2.07. The molecule has 2 rings (SSSR count). The number of phenols is 2. The number of nitrogens with one attached hydrogen (secondary N) is 2. The van der Waals surface area contributed by atoms with Crippen molar-refractivity contribution in [3.8, 4) is 11.5 Å². The van der Waals surface area contributed by atoms with Crippen LogP contribution in [0.25, 0.3) is 0 Å². The van der Waals surface area contributed by atoms with Crippen molar-refractivity contribution < 1.29 is 10.2 Å². The van der Waals surface area contributed by atoms with Crippen LogP contribution in [-0.2, 0) is 0 Å². The molecular weight excluding hydrogens is 322 g/mol. The standard InChI is InChI=1S/C15H14ClN3O2S/c1-9-2-4-11(5-3-9)18-15(22)19-17-8-10-6-12(16)14(21)13(20)7-10/h2-8,20-21H,1H3,(H2,18,19,22)/b17-8+. The average Bonchev–Trinajstić information content (AvgIpc) is 2.47. The van der Waals surface area contributed by atoms with Crippen LogP contribution in [-0.4, -0.2) is 21.5 Å². The maximum Gasteiger partial charge on any atom is 0.191 e. The zero-order chi connectivity index (χ0) is 16.1. The summed E-state index contributed by atoms with van der Waals surface area (Å²) in [5, 5.41) is 26.1. The van der Waals surface area contributed by atoms with Crippen LogP contribution in [0.1, 0.15) is 11.1 Å². The van der Waals surface area contributed by atoms with Gasteiger partial charge >= 0.3 is 0 Å². The fourth-order valence-corrected chi connectivity index (χ4v) is 2.03. The monoisotopic (exact) mass is 335 g/mol. The molecule has 0 heterocycles. The van der Waals surface area contributed by atoms with E-state index in [1.54, 1.807) is 0 Å². The highest BCUT2D eigenvalue weighted by atomic mass is 35.5. The topological polar surface area (TPSA) is 76.9 Å². The number of phenolic OH excluding ortho intramolecular Hbond substituents is 2. The van der Waals surface area contributed by atoms with Crippen molar-refractivity contribution in [3.05, 3.63) is 52.5 Å². The van der Waals surface area contributed by atoms with E-state index in [1.807, 2.05) is 31.2 Å². The number of thiocarbonyl (C=S) groups is 1. The molecule has 2 aromatic rings. The number of aryl methyl sites for hydroxylation is 1. The number of hydrogen-bond donors (Lipinski definition) is 4. The number of hydrazone groups is 1. The van der Waals surface area contributed by atoms with Gasteiger partial charge in [0, 0.05) is 5.69 Å². The second-order valence-corrected chi connectivity index (χ2v) is 5.38. The van der Waals surface area contributed by atoms with Crippen LogP contribution in [0.2, 0.25) is 5.02 Å². The maximum atomic E-state index is 9.45. The summed E-state index contributed by atoms with van der Waals surface area (Å²) < 4.78 is 0. The third kappa shape index (κ3) is 4.34. The Morgan fingerprint density at radius 2 is 1.91 bits per heavy atom. The van der Waals surface area contributed by atoms with Gasteiger partial charge in [-0.15, -0.1) is 0 Å². The summed E-state index contributed by atoms with van der Waals surface area (Å²) in [5.74, 6) is -0.669. The molecule has 0 aromatic heterocycles. The number of aromatic hydroxyl groups is 2. The molecule has 0 saturated heterocycles. The van der Waals surface area contributed by atoms with E-state index in [2.05, 4.69) is 15.8 Å². The number of halogens is 1. The molecule has 2 aromatic carbocycles. The van der Waals surface area contributed by atoms with Gasteiger partial charge in [-0.1, -0.05) is 29.3 Å². The smallest absolute Gasteiger partial charge is 0.191 e. The third-order valence-corrected chi connectivity index (χ3v) is 3.24. The number of anilines is 1. The number of benzene rings is 2. The van der Waals surface area contributed by atoms with Crippen molar-refractivity contribution in [2.24, 2.45) is 5.10 Å². The molecule has 7 heteroatoms. The highest BCUT2D eigenvalue weighted by Gasteiger charge is 2.05. The number of rotatable bonds is 3. The third-order valence-electron chi connectivity index (χ3n) is 2.75. The van der Waals surface area contributed by atoms with Crippen molar-refractivity contribution in [1.29, 1.82) is 0 Å². The Kier molecular flexibility index (Phi) is 5.19. The van der Waals surface area contributed by atoms with Crippen molar-refractivity contribution in [1.82, 2.24) is 5.43 Å². The SMILES string of the molecule is Cc1ccc(NC(=S)N/N=C/c2cc(O)c(O)c(Cl)c2)cc1. The summed E-state index contributed by atoms with van der Waals surface area (Å²) in [5.41, 5.74) is 5.18. The maximum absolute atomic E-state index is 9.45. The molecule has 0 aliphatic carbocycles. The Morgan fingerprint density at radius 1 is 1.23 bits per heavy atom. The molecule has 0 atom stereocenters. The molecule has 4 N–H and O–H groups in total. The quantitative estimate of drug-likeness (QED) is 0.299. The summed E-state index contributed by atoms with van der Waals surface area (Å²) in [6, 6.07) is 10.6. The molecule has 0 fully saturated rings. The fourth-order valence-electron chi connectivity index (χ4n) is 1.64. The molecule has 22 heavy (non-hydrogen) atoms. The van der Waals surface area contributed by atoms with Crippen LogP contribution < -0.4 is 10.7 Å². The molecule has 0 unspecified atom stereocenters.